The summed E-state index contributed by atoms with van der Waals surface area (Å²) >= 11 is 0. The van der Waals surface area contributed by atoms with Crippen molar-refractivity contribution < 1.29 is 4.74 Å². The highest BCUT2D eigenvalue weighted by Crippen LogP contribution is 1.96. The fraction of sp³-hybridized carbons (Fsp3) is 1.00. The molecule has 0 aromatic rings. The molecule has 98 valence electrons. The average Bonchev–Trinajstić information content (AvgIpc) is 2.21. The minimum absolute atomic E-state index is 0.589. The summed E-state index contributed by atoms with van der Waals surface area (Å²) in [5.41, 5.74) is 0. The summed E-state index contributed by atoms with van der Waals surface area (Å²) in [6.45, 7) is 10.6. The van der Waals surface area contributed by atoms with E-state index in [4.69, 9.17) is 4.74 Å². The summed E-state index contributed by atoms with van der Waals surface area (Å²) in [4.78, 5) is 4.63. The Kier molecular flexibility index (Phi) is 9.92. The van der Waals surface area contributed by atoms with Gasteiger partial charge in [0.2, 0.25) is 0 Å². The molecule has 0 rings (SSSR count). The second-order valence-corrected chi connectivity index (χ2v) is 4.68. The van der Waals surface area contributed by atoms with E-state index in [1.165, 1.54) is 0 Å². The zero-order valence-electron chi connectivity index (χ0n) is 11.6. The Balaban J connectivity index is 3.52. The largest absolute Gasteiger partial charge is 0.383 e. The van der Waals surface area contributed by atoms with Crippen LogP contribution in [0.2, 0.25) is 0 Å². The summed E-state index contributed by atoms with van der Waals surface area (Å²) < 4.78 is 5.11. The predicted molar refractivity (Wildman–Crippen MR) is 70.0 cm³/mol. The van der Waals surface area contributed by atoms with Crippen molar-refractivity contribution in [2.24, 2.45) is 0 Å². The first kappa shape index (κ1) is 15.8. The molecule has 0 atom stereocenters. The van der Waals surface area contributed by atoms with E-state index in [2.05, 4.69) is 43.1 Å². The number of nitrogens with zero attached hydrogens (tertiary/aromatic N) is 2. The lowest BCUT2D eigenvalue weighted by Gasteiger charge is -2.26. The third kappa shape index (κ3) is 9.09. The highest BCUT2D eigenvalue weighted by atomic mass is 16.5. The van der Waals surface area contributed by atoms with Crippen LogP contribution in [0, 0.1) is 0 Å². The van der Waals surface area contributed by atoms with Crippen LogP contribution in [0.1, 0.15) is 13.8 Å². The highest BCUT2D eigenvalue weighted by Gasteiger charge is 2.07. The third-order valence-electron chi connectivity index (χ3n) is 2.62. The molecule has 4 nitrogen and oxygen atoms in total. The van der Waals surface area contributed by atoms with Gasteiger partial charge in [-0.25, -0.2) is 0 Å². The normalized spacial score (nSPS) is 12.0. The van der Waals surface area contributed by atoms with Gasteiger partial charge in [0.1, 0.15) is 0 Å². The van der Waals surface area contributed by atoms with E-state index in [9.17, 15) is 0 Å². The van der Waals surface area contributed by atoms with Crippen molar-refractivity contribution in [3.05, 3.63) is 0 Å². The van der Waals surface area contributed by atoms with Crippen LogP contribution in [0.15, 0.2) is 0 Å². The van der Waals surface area contributed by atoms with Gasteiger partial charge >= 0.3 is 0 Å². The maximum atomic E-state index is 5.11. The minimum atomic E-state index is 0.589. The van der Waals surface area contributed by atoms with Gasteiger partial charge in [-0.15, -0.1) is 0 Å². The summed E-state index contributed by atoms with van der Waals surface area (Å²) in [7, 11) is 5.95. The van der Waals surface area contributed by atoms with E-state index in [-0.39, 0.29) is 0 Å². The van der Waals surface area contributed by atoms with E-state index in [1.807, 2.05) is 0 Å². The van der Waals surface area contributed by atoms with E-state index < -0.39 is 0 Å². The monoisotopic (exact) mass is 231 g/mol. The summed E-state index contributed by atoms with van der Waals surface area (Å²) in [6.07, 6.45) is 0. The molecule has 0 bridgehead atoms. The van der Waals surface area contributed by atoms with Gasteiger partial charge in [-0.2, -0.15) is 0 Å². The Morgan fingerprint density at radius 2 is 1.69 bits per heavy atom. The molecule has 0 aliphatic rings. The van der Waals surface area contributed by atoms with Crippen LogP contribution >= 0.6 is 0 Å². The zero-order valence-corrected chi connectivity index (χ0v) is 11.6. The zero-order chi connectivity index (χ0) is 12.4. The molecule has 0 amide bonds. The Labute approximate surface area is 101 Å². The fourth-order valence-corrected chi connectivity index (χ4v) is 1.49. The average molecular weight is 231 g/mol. The van der Waals surface area contributed by atoms with Crippen LogP contribution < -0.4 is 5.32 Å². The predicted octanol–water partition coefficient (Wildman–Crippen LogP) is 0.494. The molecule has 0 radical (unpaired) electrons. The summed E-state index contributed by atoms with van der Waals surface area (Å²) in [5.74, 6) is 0. The standard InChI is InChI=1S/C12H29N3O/c1-12(2)15(10-11-16-5)9-7-13-6-8-14(3)4/h12-13H,6-11H2,1-5H3. The van der Waals surface area contributed by atoms with Crippen molar-refractivity contribution in [3.63, 3.8) is 0 Å². The van der Waals surface area contributed by atoms with Gasteiger partial charge in [0.15, 0.2) is 0 Å². The minimum Gasteiger partial charge on any atom is -0.383 e. The van der Waals surface area contributed by atoms with Crippen LogP contribution in [0.25, 0.3) is 0 Å². The number of rotatable bonds is 10. The van der Waals surface area contributed by atoms with Crippen LogP contribution in [0.5, 0.6) is 0 Å². The van der Waals surface area contributed by atoms with Crippen molar-refractivity contribution in [3.8, 4) is 0 Å². The maximum absolute atomic E-state index is 5.11. The van der Waals surface area contributed by atoms with Gasteiger partial charge in [0, 0.05) is 45.9 Å². The van der Waals surface area contributed by atoms with Gasteiger partial charge in [0.25, 0.3) is 0 Å². The number of hydrogen-bond donors (Lipinski definition) is 1. The molecule has 0 saturated heterocycles. The van der Waals surface area contributed by atoms with E-state index in [0.29, 0.717) is 6.04 Å². The van der Waals surface area contributed by atoms with Crippen LogP contribution in [-0.4, -0.2) is 76.4 Å². The lowest BCUT2D eigenvalue weighted by Crippen LogP contribution is -2.40. The van der Waals surface area contributed by atoms with Gasteiger partial charge in [-0.3, -0.25) is 4.90 Å². The first-order valence-electron chi connectivity index (χ1n) is 6.16. The number of methoxy groups -OCH3 is 1. The quantitative estimate of drug-likeness (QED) is 0.554. The van der Waals surface area contributed by atoms with Gasteiger partial charge in [0.05, 0.1) is 6.61 Å². The number of hydrogen-bond acceptors (Lipinski definition) is 4. The molecule has 0 aromatic carbocycles. The molecule has 0 aromatic heterocycles. The number of ether oxygens (including phenoxy) is 1. The fourth-order valence-electron chi connectivity index (χ4n) is 1.49. The lowest BCUT2D eigenvalue weighted by molar-refractivity contribution is 0.130. The van der Waals surface area contributed by atoms with E-state index in [1.54, 1.807) is 7.11 Å². The molecule has 0 saturated carbocycles. The van der Waals surface area contributed by atoms with Crippen LogP contribution in [-0.2, 0) is 4.74 Å². The molecule has 0 aliphatic carbocycles. The Morgan fingerprint density at radius 1 is 1.06 bits per heavy atom. The number of nitrogens with one attached hydrogen (secondary N) is 1. The molecule has 0 fully saturated rings. The molecule has 0 unspecified atom stereocenters. The van der Waals surface area contributed by atoms with Crippen LogP contribution in [0.4, 0.5) is 0 Å². The Bertz CT molecular complexity index is 151. The van der Waals surface area contributed by atoms with Gasteiger partial charge in [-0.05, 0) is 27.9 Å². The molecule has 4 heteroatoms. The van der Waals surface area contributed by atoms with E-state index in [0.717, 1.165) is 39.3 Å². The van der Waals surface area contributed by atoms with Gasteiger partial charge < -0.3 is 15.0 Å². The second-order valence-electron chi connectivity index (χ2n) is 4.68. The lowest BCUT2D eigenvalue weighted by atomic mass is 10.3. The molecule has 16 heavy (non-hydrogen) atoms. The molecular formula is C12H29N3O. The summed E-state index contributed by atoms with van der Waals surface area (Å²) in [5, 5.41) is 3.45. The first-order valence-corrected chi connectivity index (χ1v) is 6.16. The van der Waals surface area contributed by atoms with Crippen molar-refractivity contribution in [2.75, 3.05) is 60.5 Å². The third-order valence-corrected chi connectivity index (χ3v) is 2.62. The van der Waals surface area contributed by atoms with Crippen LogP contribution in [0.3, 0.4) is 0 Å². The maximum Gasteiger partial charge on any atom is 0.0589 e. The molecule has 0 aliphatic heterocycles. The van der Waals surface area contributed by atoms with Crippen molar-refractivity contribution in [2.45, 2.75) is 19.9 Å². The smallest absolute Gasteiger partial charge is 0.0589 e. The Hall–Kier alpha value is -0.160. The van der Waals surface area contributed by atoms with E-state index >= 15 is 0 Å². The number of likely N-dealkylation sites (N-methyl/N-ethyl adjacent to an activating group) is 1. The van der Waals surface area contributed by atoms with Crippen molar-refractivity contribution >= 4 is 0 Å². The first-order chi connectivity index (χ1) is 7.57. The topological polar surface area (TPSA) is 27.7 Å². The molecular weight excluding hydrogens is 202 g/mol. The SMILES string of the molecule is COCCN(CCNCCN(C)C)C(C)C. The van der Waals surface area contributed by atoms with Crippen molar-refractivity contribution in [1.29, 1.82) is 0 Å². The second kappa shape index (κ2) is 10.0. The van der Waals surface area contributed by atoms with Crippen molar-refractivity contribution in [1.82, 2.24) is 15.1 Å². The molecule has 0 spiro atoms. The van der Waals surface area contributed by atoms with Gasteiger partial charge in [-0.1, -0.05) is 0 Å². The molecule has 0 heterocycles. The highest BCUT2D eigenvalue weighted by molar-refractivity contribution is 4.64. The molecule has 1 N–H and O–H groups in total. The summed E-state index contributed by atoms with van der Waals surface area (Å²) in [6, 6.07) is 0.589. The Morgan fingerprint density at radius 3 is 2.19 bits per heavy atom.